The molecule has 2 aromatic carbocycles. The minimum Gasteiger partial charge on any atom is -0.346 e. The van der Waals surface area contributed by atoms with Gasteiger partial charge in [-0.25, -0.2) is 0 Å². The predicted molar refractivity (Wildman–Crippen MR) is 83.2 cm³/mol. The number of amides is 1. The second-order valence-corrected chi connectivity index (χ2v) is 4.88. The number of carbonyl (C=O) groups excluding carboxylic acids is 1. The van der Waals surface area contributed by atoms with Crippen LogP contribution in [0.1, 0.15) is 29.7 Å². The number of rotatable bonds is 4. The molecule has 2 aromatic rings. The van der Waals surface area contributed by atoms with Gasteiger partial charge in [0.15, 0.2) is 0 Å². The van der Waals surface area contributed by atoms with Gasteiger partial charge >= 0.3 is 0 Å². The Labute approximate surface area is 120 Å². The fourth-order valence-electron chi connectivity index (χ4n) is 1.94. The summed E-state index contributed by atoms with van der Waals surface area (Å²) in [6.07, 6.45) is 3.40. The zero-order valence-corrected chi connectivity index (χ0v) is 11.8. The van der Waals surface area contributed by atoms with Crippen molar-refractivity contribution < 1.29 is 4.79 Å². The van der Waals surface area contributed by atoms with Crippen LogP contribution in [0.15, 0.2) is 60.7 Å². The van der Waals surface area contributed by atoms with Crippen LogP contribution in [0.3, 0.4) is 0 Å². The highest BCUT2D eigenvalue weighted by Crippen LogP contribution is 2.11. The van der Waals surface area contributed by atoms with Crippen LogP contribution in [-0.2, 0) is 4.79 Å². The van der Waals surface area contributed by atoms with E-state index in [0.29, 0.717) is 0 Å². The third-order valence-corrected chi connectivity index (χ3v) is 3.16. The van der Waals surface area contributed by atoms with Gasteiger partial charge in [0.1, 0.15) is 0 Å². The highest BCUT2D eigenvalue weighted by Gasteiger charge is 2.06. The van der Waals surface area contributed by atoms with E-state index in [1.54, 1.807) is 6.08 Å². The summed E-state index contributed by atoms with van der Waals surface area (Å²) in [5, 5.41) is 2.95. The van der Waals surface area contributed by atoms with Crippen molar-refractivity contribution in [2.75, 3.05) is 0 Å². The molecule has 0 fully saturated rings. The van der Waals surface area contributed by atoms with Gasteiger partial charge in [-0.1, -0.05) is 60.2 Å². The van der Waals surface area contributed by atoms with Crippen LogP contribution in [0.5, 0.6) is 0 Å². The van der Waals surface area contributed by atoms with E-state index in [0.717, 1.165) is 11.1 Å². The van der Waals surface area contributed by atoms with Gasteiger partial charge in [0.05, 0.1) is 6.04 Å². The molecule has 1 atom stereocenters. The van der Waals surface area contributed by atoms with Crippen molar-refractivity contribution in [1.29, 1.82) is 0 Å². The molecular formula is C18H19NO. The average Bonchev–Trinajstić information content (AvgIpc) is 2.47. The Kier molecular flexibility index (Phi) is 4.72. The third kappa shape index (κ3) is 4.09. The summed E-state index contributed by atoms with van der Waals surface area (Å²) in [4.78, 5) is 11.9. The van der Waals surface area contributed by atoms with Gasteiger partial charge in [-0.2, -0.15) is 0 Å². The third-order valence-electron chi connectivity index (χ3n) is 3.16. The number of hydrogen-bond donors (Lipinski definition) is 1. The van der Waals surface area contributed by atoms with Crippen LogP contribution in [0.25, 0.3) is 6.08 Å². The Bertz CT molecular complexity index is 585. The Balaban J connectivity index is 1.94. The summed E-state index contributed by atoms with van der Waals surface area (Å²) in [5.41, 5.74) is 3.34. The Morgan fingerprint density at radius 3 is 2.35 bits per heavy atom. The maximum Gasteiger partial charge on any atom is 0.244 e. The molecule has 0 aromatic heterocycles. The van der Waals surface area contributed by atoms with Gasteiger partial charge in [0.25, 0.3) is 0 Å². The number of benzene rings is 2. The van der Waals surface area contributed by atoms with Crippen LogP contribution in [-0.4, -0.2) is 5.91 Å². The Morgan fingerprint density at radius 2 is 1.70 bits per heavy atom. The maximum atomic E-state index is 11.9. The molecule has 0 spiro atoms. The minimum atomic E-state index is -0.0815. The van der Waals surface area contributed by atoms with Crippen molar-refractivity contribution in [2.45, 2.75) is 19.9 Å². The smallest absolute Gasteiger partial charge is 0.244 e. The molecule has 20 heavy (non-hydrogen) atoms. The van der Waals surface area contributed by atoms with E-state index >= 15 is 0 Å². The number of hydrogen-bond acceptors (Lipinski definition) is 1. The average molecular weight is 265 g/mol. The summed E-state index contributed by atoms with van der Waals surface area (Å²) in [5.74, 6) is -0.0815. The van der Waals surface area contributed by atoms with Crippen LogP contribution in [0, 0.1) is 6.92 Å². The Morgan fingerprint density at radius 1 is 1.05 bits per heavy atom. The molecular weight excluding hydrogens is 246 g/mol. The lowest BCUT2D eigenvalue weighted by atomic mass is 10.1. The second-order valence-electron chi connectivity index (χ2n) is 4.88. The van der Waals surface area contributed by atoms with Crippen molar-refractivity contribution in [3.05, 3.63) is 77.4 Å². The van der Waals surface area contributed by atoms with E-state index in [4.69, 9.17) is 0 Å². The second kappa shape index (κ2) is 6.71. The van der Waals surface area contributed by atoms with Gasteiger partial charge in [-0.15, -0.1) is 0 Å². The van der Waals surface area contributed by atoms with Crippen molar-refractivity contribution >= 4 is 12.0 Å². The van der Waals surface area contributed by atoms with Crippen LogP contribution in [0.4, 0.5) is 0 Å². The topological polar surface area (TPSA) is 29.1 Å². The molecule has 0 aliphatic carbocycles. The molecule has 0 saturated carbocycles. The summed E-state index contributed by atoms with van der Waals surface area (Å²) in [6, 6.07) is 18.0. The lowest BCUT2D eigenvalue weighted by Gasteiger charge is -2.12. The summed E-state index contributed by atoms with van der Waals surface area (Å²) < 4.78 is 0. The zero-order valence-electron chi connectivity index (χ0n) is 11.8. The largest absolute Gasteiger partial charge is 0.346 e. The molecule has 0 aliphatic rings. The Hall–Kier alpha value is -2.35. The molecule has 1 amide bonds. The molecule has 2 rings (SSSR count). The van der Waals surface area contributed by atoms with Gasteiger partial charge in [0, 0.05) is 6.08 Å². The first-order chi connectivity index (χ1) is 9.65. The molecule has 0 heterocycles. The molecule has 0 saturated heterocycles. The quantitative estimate of drug-likeness (QED) is 0.835. The van der Waals surface area contributed by atoms with E-state index in [2.05, 4.69) is 5.32 Å². The fourth-order valence-corrected chi connectivity index (χ4v) is 1.94. The first-order valence-corrected chi connectivity index (χ1v) is 6.75. The normalized spacial score (nSPS) is 12.3. The standard InChI is InChI=1S/C18H19NO/c1-14-8-10-16(11-9-14)12-13-18(20)19-15(2)17-6-4-3-5-7-17/h3-13,15H,1-2H3,(H,19,20)/t15-/m1/s1. The van der Waals surface area contributed by atoms with Gasteiger partial charge in [0.2, 0.25) is 5.91 Å². The lowest BCUT2D eigenvalue weighted by molar-refractivity contribution is -0.117. The summed E-state index contributed by atoms with van der Waals surface area (Å²) in [6.45, 7) is 4.02. The molecule has 0 radical (unpaired) electrons. The van der Waals surface area contributed by atoms with E-state index < -0.39 is 0 Å². The van der Waals surface area contributed by atoms with Crippen molar-refractivity contribution in [2.24, 2.45) is 0 Å². The van der Waals surface area contributed by atoms with Crippen molar-refractivity contribution in [3.63, 3.8) is 0 Å². The highest BCUT2D eigenvalue weighted by molar-refractivity contribution is 5.91. The monoisotopic (exact) mass is 265 g/mol. The highest BCUT2D eigenvalue weighted by atomic mass is 16.1. The van der Waals surface area contributed by atoms with Crippen LogP contribution >= 0.6 is 0 Å². The molecule has 1 N–H and O–H groups in total. The molecule has 0 bridgehead atoms. The molecule has 102 valence electrons. The van der Waals surface area contributed by atoms with Crippen LogP contribution < -0.4 is 5.32 Å². The molecule has 0 aliphatic heterocycles. The van der Waals surface area contributed by atoms with Crippen LogP contribution in [0.2, 0.25) is 0 Å². The van der Waals surface area contributed by atoms with E-state index in [-0.39, 0.29) is 11.9 Å². The minimum absolute atomic E-state index is 0.00590. The molecule has 2 nitrogen and oxygen atoms in total. The number of carbonyl (C=O) groups is 1. The number of nitrogens with one attached hydrogen (secondary N) is 1. The number of aryl methyl sites for hydroxylation is 1. The van der Waals surface area contributed by atoms with Gasteiger partial charge in [-0.3, -0.25) is 4.79 Å². The van der Waals surface area contributed by atoms with E-state index in [9.17, 15) is 4.79 Å². The lowest BCUT2D eigenvalue weighted by Crippen LogP contribution is -2.24. The van der Waals surface area contributed by atoms with Crippen molar-refractivity contribution in [3.8, 4) is 0 Å². The SMILES string of the molecule is Cc1ccc(C=CC(=O)N[C@H](C)c2ccccc2)cc1. The predicted octanol–water partition coefficient (Wildman–Crippen LogP) is 3.89. The van der Waals surface area contributed by atoms with E-state index in [1.165, 1.54) is 5.56 Å². The fraction of sp³-hybridized carbons (Fsp3) is 0.167. The molecule has 2 heteroatoms. The van der Waals surface area contributed by atoms with Crippen molar-refractivity contribution in [1.82, 2.24) is 5.32 Å². The zero-order chi connectivity index (χ0) is 14.4. The summed E-state index contributed by atoms with van der Waals surface area (Å²) >= 11 is 0. The van der Waals surface area contributed by atoms with Gasteiger partial charge < -0.3 is 5.32 Å². The first-order valence-electron chi connectivity index (χ1n) is 6.75. The van der Waals surface area contributed by atoms with Gasteiger partial charge in [-0.05, 0) is 31.1 Å². The molecule has 0 unspecified atom stereocenters. The maximum absolute atomic E-state index is 11.9. The summed E-state index contributed by atoms with van der Waals surface area (Å²) in [7, 11) is 0. The van der Waals surface area contributed by atoms with E-state index in [1.807, 2.05) is 74.5 Å². The first kappa shape index (κ1) is 14.1.